The van der Waals surface area contributed by atoms with Crippen LogP contribution in [0.2, 0.25) is 0 Å². The number of ether oxygens (including phenoxy) is 3. The van der Waals surface area contributed by atoms with Crippen LogP contribution in [0.5, 0.6) is 11.5 Å². The molecule has 5 nitrogen and oxygen atoms in total. The molecule has 0 aliphatic carbocycles. The predicted molar refractivity (Wildman–Crippen MR) is 88.9 cm³/mol. The van der Waals surface area contributed by atoms with Crippen molar-refractivity contribution in [3.8, 4) is 11.5 Å². The summed E-state index contributed by atoms with van der Waals surface area (Å²) in [4.78, 5) is 13.9. The Labute approximate surface area is 138 Å². The third kappa shape index (κ3) is 6.10. The van der Waals surface area contributed by atoms with Crippen LogP contribution in [-0.4, -0.2) is 50.8 Å². The summed E-state index contributed by atoms with van der Waals surface area (Å²) >= 11 is 0. The molecule has 0 unspecified atom stereocenters. The standard InChI is InChI=1S/C18H27NO4/c1-3-22-16-4-6-17(7-5-16)23-14-18(20)19(2)11-8-15-9-12-21-13-10-15/h4-7,15H,3,8-14H2,1-2H3. The average molecular weight is 321 g/mol. The molecule has 1 fully saturated rings. The van der Waals surface area contributed by atoms with Crippen molar-refractivity contribution >= 4 is 5.91 Å². The number of likely N-dealkylation sites (N-methyl/N-ethyl adjacent to an activating group) is 1. The van der Waals surface area contributed by atoms with Gasteiger partial charge in [0.2, 0.25) is 0 Å². The summed E-state index contributed by atoms with van der Waals surface area (Å²) in [6.45, 7) is 5.12. The molecule has 1 aromatic rings. The van der Waals surface area contributed by atoms with Gasteiger partial charge in [0.15, 0.2) is 6.61 Å². The Balaban J connectivity index is 1.68. The number of rotatable bonds is 8. The van der Waals surface area contributed by atoms with Crippen molar-refractivity contribution in [2.45, 2.75) is 26.2 Å². The highest BCUT2D eigenvalue weighted by Crippen LogP contribution is 2.19. The third-order valence-corrected chi connectivity index (χ3v) is 4.14. The van der Waals surface area contributed by atoms with Gasteiger partial charge >= 0.3 is 0 Å². The molecule has 0 radical (unpaired) electrons. The van der Waals surface area contributed by atoms with Crippen LogP contribution >= 0.6 is 0 Å². The Kier molecular flexibility index (Phi) is 7.20. The van der Waals surface area contributed by atoms with Gasteiger partial charge in [-0.3, -0.25) is 4.79 Å². The maximum absolute atomic E-state index is 12.1. The minimum atomic E-state index is 0.00550. The molecule has 2 rings (SSSR count). The van der Waals surface area contributed by atoms with Gasteiger partial charge in [-0.05, 0) is 56.4 Å². The Bertz CT molecular complexity index is 468. The summed E-state index contributed by atoms with van der Waals surface area (Å²) in [5.41, 5.74) is 0. The summed E-state index contributed by atoms with van der Waals surface area (Å²) in [6, 6.07) is 7.33. The molecule has 0 atom stereocenters. The number of hydrogen-bond donors (Lipinski definition) is 0. The van der Waals surface area contributed by atoms with Gasteiger partial charge in [-0.15, -0.1) is 0 Å². The van der Waals surface area contributed by atoms with E-state index in [1.54, 1.807) is 4.90 Å². The molecular formula is C18H27NO4. The third-order valence-electron chi connectivity index (χ3n) is 4.14. The van der Waals surface area contributed by atoms with Crippen molar-refractivity contribution < 1.29 is 19.0 Å². The molecule has 5 heteroatoms. The molecule has 1 saturated heterocycles. The fourth-order valence-electron chi connectivity index (χ4n) is 2.59. The summed E-state index contributed by atoms with van der Waals surface area (Å²) in [7, 11) is 1.84. The van der Waals surface area contributed by atoms with E-state index >= 15 is 0 Å². The number of benzene rings is 1. The first-order valence-corrected chi connectivity index (χ1v) is 8.36. The second kappa shape index (κ2) is 9.40. The second-order valence-electron chi connectivity index (χ2n) is 5.85. The summed E-state index contributed by atoms with van der Waals surface area (Å²) in [5, 5.41) is 0. The Morgan fingerprint density at radius 1 is 1.17 bits per heavy atom. The Morgan fingerprint density at radius 3 is 2.39 bits per heavy atom. The zero-order valence-corrected chi connectivity index (χ0v) is 14.1. The van der Waals surface area contributed by atoms with Crippen LogP contribution in [0.4, 0.5) is 0 Å². The lowest BCUT2D eigenvalue weighted by atomic mass is 9.96. The van der Waals surface area contributed by atoms with E-state index in [1.165, 1.54) is 0 Å². The Hall–Kier alpha value is -1.75. The molecule has 1 amide bonds. The van der Waals surface area contributed by atoms with Crippen LogP contribution in [0.25, 0.3) is 0 Å². The fraction of sp³-hybridized carbons (Fsp3) is 0.611. The lowest BCUT2D eigenvalue weighted by Gasteiger charge is -2.24. The van der Waals surface area contributed by atoms with Gasteiger partial charge in [-0.25, -0.2) is 0 Å². The van der Waals surface area contributed by atoms with Gasteiger partial charge in [-0.2, -0.15) is 0 Å². The quantitative estimate of drug-likeness (QED) is 0.739. The van der Waals surface area contributed by atoms with E-state index in [0.29, 0.717) is 18.3 Å². The minimum absolute atomic E-state index is 0.00550. The molecule has 1 heterocycles. The molecule has 0 aromatic heterocycles. The highest BCUT2D eigenvalue weighted by Gasteiger charge is 2.16. The zero-order chi connectivity index (χ0) is 16.5. The van der Waals surface area contributed by atoms with E-state index in [4.69, 9.17) is 14.2 Å². The van der Waals surface area contributed by atoms with Gasteiger partial charge in [0.05, 0.1) is 6.61 Å². The molecule has 1 aliphatic rings. The van der Waals surface area contributed by atoms with Gasteiger partial charge in [0.25, 0.3) is 5.91 Å². The molecule has 0 saturated carbocycles. The molecule has 0 N–H and O–H groups in total. The molecule has 1 aromatic carbocycles. The van der Waals surface area contributed by atoms with E-state index < -0.39 is 0 Å². The predicted octanol–water partition coefficient (Wildman–Crippen LogP) is 2.74. The lowest BCUT2D eigenvalue weighted by Crippen LogP contribution is -2.33. The van der Waals surface area contributed by atoms with Crippen molar-refractivity contribution in [2.75, 3.05) is 40.0 Å². The van der Waals surface area contributed by atoms with Crippen molar-refractivity contribution in [3.05, 3.63) is 24.3 Å². The molecule has 23 heavy (non-hydrogen) atoms. The largest absolute Gasteiger partial charge is 0.494 e. The number of amides is 1. The normalized spacial score (nSPS) is 15.2. The van der Waals surface area contributed by atoms with Gasteiger partial charge in [-0.1, -0.05) is 0 Å². The molecule has 1 aliphatic heterocycles. The van der Waals surface area contributed by atoms with Crippen LogP contribution in [0.1, 0.15) is 26.2 Å². The highest BCUT2D eigenvalue weighted by atomic mass is 16.5. The second-order valence-corrected chi connectivity index (χ2v) is 5.85. The van der Waals surface area contributed by atoms with Crippen molar-refractivity contribution in [3.63, 3.8) is 0 Å². The van der Waals surface area contributed by atoms with E-state index in [9.17, 15) is 4.79 Å². The summed E-state index contributed by atoms with van der Waals surface area (Å²) in [6.07, 6.45) is 3.24. The van der Waals surface area contributed by atoms with Crippen LogP contribution in [0.3, 0.4) is 0 Å². The number of carbonyl (C=O) groups is 1. The summed E-state index contributed by atoms with van der Waals surface area (Å²) in [5.74, 6) is 2.16. The average Bonchev–Trinajstić information content (AvgIpc) is 2.60. The first-order valence-electron chi connectivity index (χ1n) is 8.36. The van der Waals surface area contributed by atoms with Crippen molar-refractivity contribution in [1.29, 1.82) is 0 Å². The summed E-state index contributed by atoms with van der Waals surface area (Å²) < 4.78 is 16.3. The topological polar surface area (TPSA) is 48.0 Å². The van der Waals surface area contributed by atoms with Gasteiger partial charge < -0.3 is 19.1 Å². The first kappa shape index (κ1) is 17.6. The molecule has 0 bridgehead atoms. The number of nitrogens with zero attached hydrogens (tertiary/aromatic N) is 1. The SMILES string of the molecule is CCOc1ccc(OCC(=O)N(C)CCC2CCOCC2)cc1. The zero-order valence-electron chi connectivity index (χ0n) is 14.1. The molecule has 128 valence electrons. The highest BCUT2D eigenvalue weighted by molar-refractivity contribution is 5.77. The lowest BCUT2D eigenvalue weighted by molar-refractivity contribution is -0.132. The maximum atomic E-state index is 12.1. The number of carbonyl (C=O) groups excluding carboxylic acids is 1. The van der Waals surface area contributed by atoms with Crippen molar-refractivity contribution in [1.82, 2.24) is 4.90 Å². The minimum Gasteiger partial charge on any atom is -0.494 e. The first-order chi connectivity index (χ1) is 11.2. The maximum Gasteiger partial charge on any atom is 0.260 e. The van der Waals surface area contributed by atoms with Crippen LogP contribution in [0.15, 0.2) is 24.3 Å². The van der Waals surface area contributed by atoms with Gasteiger partial charge in [0.1, 0.15) is 11.5 Å². The van der Waals surface area contributed by atoms with E-state index in [2.05, 4.69) is 0 Å². The van der Waals surface area contributed by atoms with Crippen LogP contribution < -0.4 is 9.47 Å². The van der Waals surface area contributed by atoms with Crippen molar-refractivity contribution in [2.24, 2.45) is 5.92 Å². The van der Waals surface area contributed by atoms with Crippen LogP contribution in [0, 0.1) is 5.92 Å². The number of hydrogen-bond acceptors (Lipinski definition) is 4. The molecular weight excluding hydrogens is 294 g/mol. The van der Waals surface area contributed by atoms with Gasteiger partial charge in [0, 0.05) is 26.8 Å². The van der Waals surface area contributed by atoms with E-state index in [-0.39, 0.29) is 12.5 Å². The molecule has 0 spiro atoms. The monoisotopic (exact) mass is 321 g/mol. The fourth-order valence-corrected chi connectivity index (χ4v) is 2.59. The van der Waals surface area contributed by atoms with E-state index in [1.807, 2.05) is 38.2 Å². The smallest absolute Gasteiger partial charge is 0.260 e. The van der Waals surface area contributed by atoms with Crippen LogP contribution in [-0.2, 0) is 9.53 Å². The Morgan fingerprint density at radius 2 is 1.78 bits per heavy atom. The van der Waals surface area contributed by atoms with E-state index in [0.717, 1.165) is 44.8 Å².